The third kappa shape index (κ3) is 3.11. The van der Waals surface area contributed by atoms with Gasteiger partial charge in [-0.3, -0.25) is 14.4 Å². The maximum Gasteiger partial charge on any atom is 0.329 e. The van der Waals surface area contributed by atoms with Crippen molar-refractivity contribution in [2.75, 3.05) is 0 Å². The maximum atomic E-state index is 12.1. The van der Waals surface area contributed by atoms with Crippen molar-refractivity contribution < 1.29 is 24.3 Å². The predicted octanol–water partition coefficient (Wildman–Crippen LogP) is 1.50. The first-order valence-electron chi connectivity index (χ1n) is 7.20. The number of hydrogen-bond donors (Lipinski definition) is 2. The van der Waals surface area contributed by atoms with Crippen LogP contribution in [0, 0.1) is 23.7 Å². The zero-order valence-corrected chi connectivity index (χ0v) is 11.6. The molecule has 0 heterocycles. The van der Waals surface area contributed by atoms with Gasteiger partial charge >= 0.3 is 11.9 Å². The highest BCUT2D eigenvalue weighted by atomic mass is 16.7. The Hall–Kier alpha value is -1.59. The second-order valence-electron chi connectivity index (χ2n) is 5.81. The Balaban J connectivity index is 2.11. The summed E-state index contributed by atoms with van der Waals surface area (Å²) in [6.45, 7) is 1.21. The Kier molecular flexibility index (Phi) is 4.62. The summed E-state index contributed by atoms with van der Waals surface area (Å²) in [4.78, 5) is 38.9. The molecule has 0 aromatic carbocycles. The van der Waals surface area contributed by atoms with Crippen LogP contribution >= 0.6 is 0 Å². The van der Waals surface area contributed by atoms with Crippen LogP contribution in [0.1, 0.15) is 45.4 Å². The van der Waals surface area contributed by atoms with Gasteiger partial charge in [0.1, 0.15) is 0 Å². The molecule has 2 fully saturated rings. The van der Waals surface area contributed by atoms with Crippen LogP contribution in [0.5, 0.6) is 0 Å². The lowest BCUT2D eigenvalue weighted by molar-refractivity contribution is -0.162. The number of carboxylic acid groups (broad SMARTS) is 1. The Morgan fingerprint density at radius 2 is 1.65 bits per heavy atom. The minimum Gasteiger partial charge on any atom is -0.481 e. The van der Waals surface area contributed by atoms with Gasteiger partial charge in [0.15, 0.2) is 0 Å². The van der Waals surface area contributed by atoms with E-state index in [0.29, 0.717) is 18.8 Å². The van der Waals surface area contributed by atoms with Gasteiger partial charge in [-0.1, -0.05) is 25.7 Å². The highest BCUT2D eigenvalue weighted by molar-refractivity contribution is 5.81. The van der Waals surface area contributed by atoms with E-state index in [1.165, 1.54) is 6.92 Å². The molecule has 0 aliphatic heterocycles. The number of amides is 1. The number of hydroxylamine groups is 1. The first-order chi connectivity index (χ1) is 9.50. The van der Waals surface area contributed by atoms with Crippen LogP contribution in [-0.4, -0.2) is 23.0 Å². The van der Waals surface area contributed by atoms with Crippen molar-refractivity contribution in [1.29, 1.82) is 0 Å². The van der Waals surface area contributed by atoms with E-state index in [-0.39, 0.29) is 17.7 Å². The number of carboxylic acids is 1. The van der Waals surface area contributed by atoms with E-state index in [0.717, 1.165) is 25.7 Å². The Labute approximate surface area is 117 Å². The first-order valence-corrected chi connectivity index (χ1v) is 7.20. The molecule has 6 nitrogen and oxygen atoms in total. The highest BCUT2D eigenvalue weighted by Crippen LogP contribution is 2.47. The molecule has 4 unspecified atom stereocenters. The summed E-state index contributed by atoms with van der Waals surface area (Å²) in [7, 11) is 0. The van der Waals surface area contributed by atoms with Crippen molar-refractivity contribution in [2.24, 2.45) is 23.7 Å². The maximum absolute atomic E-state index is 12.1. The fourth-order valence-corrected chi connectivity index (χ4v) is 3.84. The van der Waals surface area contributed by atoms with Crippen LogP contribution < -0.4 is 5.48 Å². The normalized spacial score (nSPS) is 32.9. The second kappa shape index (κ2) is 6.24. The molecule has 0 aromatic heterocycles. The summed E-state index contributed by atoms with van der Waals surface area (Å²) >= 11 is 0. The van der Waals surface area contributed by atoms with E-state index in [2.05, 4.69) is 10.3 Å². The van der Waals surface area contributed by atoms with Crippen molar-refractivity contribution in [3.8, 4) is 0 Å². The molecule has 1 amide bonds. The van der Waals surface area contributed by atoms with Gasteiger partial charge in [-0.25, -0.2) is 0 Å². The Morgan fingerprint density at radius 3 is 2.20 bits per heavy atom. The molecule has 4 atom stereocenters. The molecule has 0 radical (unpaired) electrons. The van der Waals surface area contributed by atoms with Crippen LogP contribution in [0.15, 0.2) is 0 Å². The summed E-state index contributed by atoms with van der Waals surface area (Å²) in [6.07, 6.45) is 5.12. The molecule has 6 heteroatoms. The van der Waals surface area contributed by atoms with Gasteiger partial charge in [-0.2, -0.15) is 5.48 Å². The summed E-state index contributed by atoms with van der Waals surface area (Å²) in [5.41, 5.74) is 2.16. The molecule has 20 heavy (non-hydrogen) atoms. The molecule has 2 saturated carbocycles. The summed E-state index contributed by atoms with van der Waals surface area (Å²) in [5.74, 6) is -2.41. The minimum absolute atomic E-state index is 0.134. The standard InChI is InChI=1S/C14H21NO5/c1-8(16)20-15-13(17)10-6-2-4-9-5-3-7-11(12(9)10)14(18)19/h9-12H,2-7H2,1H3,(H,15,17)(H,18,19). The van der Waals surface area contributed by atoms with E-state index in [4.69, 9.17) is 0 Å². The summed E-state index contributed by atoms with van der Waals surface area (Å²) in [5, 5.41) is 9.38. The zero-order chi connectivity index (χ0) is 14.7. The van der Waals surface area contributed by atoms with Crippen LogP contribution in [0.25, 0.3) is 0 Å². The SMILES string of the molecule is CC(=O)ONC(=O)C1CCCC2CCCC(C(=O)O)C21. The molecular weight excluding hydrogens is 262 g/mol. The number of rotatable bonds is 2. The van der Waals surface area contributed by atoms with E-state index in [1.54, 1.807) is 0 Å². The van der Waals surface area contributed by atoms with Crippen LogP contribution in [0.2, 0.25) is 0 Å². The summed E-state index contributed by atoms with van der Waals surface area (Å²) in [6, 6.07) is 0. The zero-order valence-electron chi connectivity index (χ0n) is 11.6. The third-order valence-corrected chi connectivity index (χ3v) is 4.60. The average Bonchev–Trinajstić information content (AvgIpc) is 2.43. The average molecular weight is 283 g/mol. The smallest absolute Gasteiger partial charge is 0.329 e. The lowest BCUT2D eigenvalue weighted by atomic mass is 9.60. The van der Waals surface area contributed by atoms with Gasteiger partial charge < -0.3 is 9.94 Å². The molecule has 0 aromatic rings. The van der Waals surface area contributed by atoms with Gasteiger partial charge in [-0.15, -0.1) is 0 Å². The van der Waals surface area contributed by atoms with Crippen LogP contribution in [0.4, 0.5) is 0 Å². The quantitative estimate of drug-likeness (QED) is 0.749. The number of aliphatic carboxylic acids is 1. The predicted molar refractivity (Wildman–Crippen MR) is 69.2 cm³/mol. The number of hydrogen-bond acceptors (Lipinski definition) is 4. The number of carbonyl (C=O) groups excluding carboxylic acids is 2. The lowest BCUT2D eigenvalue weighted by Gasteiger charge is -2.43. The third-order valence-electron chi connectivity index (χ3n) is 4.60. The van der Waals surface area contributed by atoms with Crippen molar-refractivity contribution >= 4 is 17.8 Å². The number of carbonyl (C=O) groups is 3. The minimum atomic E-state index is -0.813. The van der Waals surface area contributed by atoms with E-state index < -0.39 is 17.9 Å². The van der Waals surface area contributed by atoms with Crippen LogP contribution in [0.3, 0.4) is 0 Å². The molecule has 0 bridgehead atoms. The number of nitrogens with one attached hydrogen (secondary N) is 1. The van der Waals surface area contributed by atoms with Gasteiger partial charge in [0.2, 0.25) is 0 Å². The van der Waals surface area contributed by atoms with E-state index in [1.807, 2.05) is 0 Å². The van der Waals surface area contributed by atoms with Gasteiger partial charge in [-0.05, 0) is 24.7 Å². The molecule has 2 aliphatic rings. The van der Waals surface area contributed by atoms with E-state index in [9.17, 15) is 19.5 Å². The largest absolute Gasteiger partial charge is 0.481 e. The Morgan fingerprint density at radius 1 is 1.05 bits per heavy atom. The number of fused-ring (bicyclic) bond motifs is 1. The first kappa shape index (κ1) is 14.8. The van der Waals surface area contributed by atoms with Gasteiger partial charge in [0.05, 0.1) is 5.92 Å². The van der Waals surface area contributed by atoms with E-state index >= 15 is 0 Å². The molecule has 2 rings (SSSR count). The highest BCUT2D eigenvalue weighted by Gasteiger charge is 2.46. The monoisotopic (exact) mass is 283 g/mol. The van der Waals surface area contributed by atoms with Crippen LogP contribution in [-0.2, 0) is 19.2 Å². The van der Waals surface area contributed by atoms with Crippen molar-refractivity contribution in [1.82, 2.24) is 5.48 Å². The molecule has 0 spiro atoms. The molecule has 2 N–H and O–H groups in total. The van der Waals surface area contributed by atoms with Gasteiger partial charge in [0.25, 0.3) is 5.91 Å². The fourth-order valence-electron chi connectivity index (χ4n) is 3.84. The molecule has 2 aliphatic carbocycles. The molecular formula is C14H21NO5. The molecule has 112 valence electrons. The Bertz CT molecular complexity index is 406. The van der Waals surface area contributed by atoms with Gasteiger partial charge in [0, 0.05) is 12.8 Å². The van der Waals surface area contributed by atoms with Crippen molar-refractivity contribution in [2.45, 2.75) is 45.4 Å². The van der Waals surface area contributed by atoms with Crippen molar-refractivity contribution in [3.05, 3.63) is 0 Å². The summed E-state index contributed by atoms with van der Waals surface area (Å²) < 4.78 is 0. The van der Waals surface area contributed by atoms with Crippen molar-refractivity contribution in [3.63, 3.8) is 0 Å². The molecule has 0 saturated heterocycles. The lowest BCUT2D eigenvalue weighted by Crippen LogP contribution is -2.47. The fraction of sp³-hybridized carbons (Fsp3) is 0.786. The second-order valence-corrected chi connectivity index (χ2v) is 5.81. The topological polar surface area (TPSA) is 92.7 Å².